The van der Waals surface area contributed by atoms with Gasteiger partial charge in [0.25, 0.3) is 0 Å². The van der Waals surface area contributed by atoms with Gasteiger partial charge >= 0.3 is 0 Å². The molecule has 0 aromatic heterocycles. The summed E-state index contributed by atoms with van der Waals surface area (Å²) >= 11 is 0. The molecule has 0 radical (unpaired) electrons. The van der Waals surface area contributed by atoms with E-state index in [1.54, 1.807) is 6.07 Å². The maximum atomic E-state index is 11.2. The molecule has 0 amide bonds. The molecule has 0 aliphatic heterocycles. The first-order chi connectivity index (χ1) is 3.41. The van der Waals surface area contributed by atoms with E-state index in [0.29, 0.717) is 6.42 Å². The van der Waals surface area contributed by atoms with Crippen molar-refractivity contribution < 1.29 is 4.39 Å². The zero-order valence-electron chi connectivity index (χ0n) is 3.89. The average molecular weight is 99.1 g/mol. The van der Waals surface area contributed by atoms with Crippen LogP contribution >= 0.6 is 0 Å². The number of nitriles is 1. The summed E-state index contributed by atoms with van der Waals surface area (Å²) in [5.41, 5.74) is 0. The Bertz CT molecular complexity index is 90.7. The second kappa shape index (κ2) is 5.16. The Morgan fingerprint density at radius 3 is 2.86 bits per heavy atom. The van der Waals surface area contributed by atoms with E-state index in [9.17, 15) is 4.39 Å². The van der Waals surface area contributed by atoms with E-state index >= 15 is 0 Å². The smallest absolute Gasteiger partial charge is 0.0929 e. The molecule has 2 heteroatoms. The third-order valence-electron chi connectivity index (χ3n) is 0.468. The molecule has 0 aliphatic rings. The third-order valence-corrected chi connectivity index (χ3v) is 0.468. The molecule has 0 N–H and O–H groups in total. The van der Waals surface area contributed by atoms with Crippen LogP contribution < -0.4 is 0 Å². The van der Waals surface area contributed by atoms with Gasteiger partial charge in [-0.15, -0.1) is 0 Å². The molecule has 0 unspecified atom stereocenters. The lowest BCUT2D eigenvalue weighted by molar-refractivity contribution is 0.501. The van der Waals surface area contributed by atoms with Gasteiger partial charge in [-0.1, -0.05) is 6.08 Å². The van der Waals surface area contributed by atoms with Crippen LogP contribution in [0.15, 0.2) is 12.2 Å². The monoisotopic (exact) mass is 99.0 g/mol. The van der Waals surface area contributed by atoms with Crippen molar-refractivity contribution in [2.24, 2.45) is 0 Å². The summed E-state index contributed by atoms with van der Waals surface area (Å²) < 4.78 is 11.2. The normalized spacial score (nSPS) is 9.14. The molecule has 0 aromatic rings. The van der Waals surface area contributed by atoms with Gasteiger partial charge in [-0.2, -0.15) is 5.26 Å². The lowest BCUT2D eigenvalue weighted by Gasteiger charge is -1.72. The first kappa shape index (κ1) is 6.16. The maximum Gasteiger partial charge on any atom is 0.0929 e. The highest BCUT2D eigenvalue weighted by Gasteiger charge is 1.70. The van der Waals surface area contributed by atoms with Crippen molar-refractivity contribution >= 4 is 0 Å². The Morgan fingerprint density at radius 2 is 2.43 bits per heavy atom. The Labute approximate surface area is 42.1 Å². The number of nitrogens with zero attached hydrogens (tertiary/aromatic N) is 1. The fourth-order valence-corrected chi connectivity index (χ4v) is 0.199. The standard InChI is InChI=1S/C5H6FN/c6-4-2-1-3-5-7/h1,3H,2,4H2. The lowest BCUT2D eigenvalue weighted by atomic mass is 10.4. The summed E-state index contributed by atoms with van der Waals surface area (Å²) in [6.07, 6.45) is 3.13. The summed E-state index contributed by atoms with van der Waals surface area (Å²) in [7, 11) is 0. The summed E-state index contributed by atoms with van der Waals surface area (Å²) in [5, 5.41) is 7.83. The van der Waals surface area contributed by atoms with Crippen LogP contribution in [0.25, 0.3) is 0 Å². The van der Waals surface area contributed by atoms with E-state index in [1.807, 2.05) is 0 Å². The number of hydrogen-bond donors (Lipinski definition) is 0. The second-order valence-corrected chi connectivity index (χ2v) is 1.01. The maximum absolute atomic E-state index is 11.2. The van der Waals surface area contributed by atoms with E-state index in [4.69, 9.17) is 5.26 Å². The number of halogens is 1. The van der Waals surface area contributed by atoms with Crippen molar-refractivity contribution in [3.05, 3.63) is 12.2 Å². The van der Waals surface area contributed by atoms with Gasteiger partial charge in [-0.05, 0) is 6.42 Å². The van der Waals surface area contributed by atoms with Gasteiger partial charge in [0.1, 0.15) is 0 Å². The molecular formula is C5H6FN. The Balaban J connectivity index is 2.97. The third kappa shape index (κ3) is 5.16. The summed E-state index contributed by atoms with van der Waals surface area (Å²) in [6, 6.07) is 1.76. The molecule has 0 fully saturated rings. The molecule has 0 spiro atoms. The van der Waals surface area contributed by atoms with Crippen LogP contribution in [0.1, 0.15) is 6.42 Å². The minimum absolute atomic E-state index is 0.355. The molecule has 7 heavy (non-hydrogen) atoms. The molecule has 0 aliphatic carbocycles. The van der Waals surface area contributed by atoms with E-state index in [0.717, 1.165) is 0 Å². The van der Waals surface area contributed by atoms with Crippen LogP contribution in [-0.4, -0.2) is 6.67 Å². The van der Waals surface area contributed by atoms with Crippen LogP contribution in [0.2, 0.25) is 0 Å². The van der Waals surface area contributed by atoms with Gasteiger partial charge in [0.05, 0.1) is 12.7 Å². The largest absolute Gasteiger partial charge is 0.251 e. The highest BCUT2D eigenvalue weighted by atomic mass is 19.1. The fourth-order valence-electron chi connectivity index (χ4n) is 0.199. The average Bonchev–Trinajstić information content (AvgIpc) is 1.69. The van der Waals surface area contributed by atoms with Crippen LogP contribution in [0.4, 0.5) is 4.39 Å². The quantitative estimate of drug-likeness (QED) is 0.480. The van der Waals surface area contributed by atoms with Crippen molar-refractivity contribution in [3.8, 4) is 6.07 Å². The van der Waals surface area contributed by atoms with E-state index in [-0.39, 0.29) is 6.67 Å². The summed E-state index contributed by atoms with van der Waals surface area (Å²) in [4.78, 5) is 0. The SMILES string of the molecule is N#CC=CCCF. The van der Waals surface area contributed by atoms with E-state index < -0.39 is 0 Å². The fraction of sp³-hybridized carbons (Fsp3) is 0.400. The van der Waals surface area contributed by atoms with Crippen molar-refractivity contribution in [1.82, 2.24) is 0 Å². The molecule has 0 bridgehead atoms. The zero-order valence-corrected chi connectivity index (χ0v) is 3.89. The minimum atomic E-state index is -0.377. The minimum Gasteiger partial charge on any atom is -0.251 e. The number of hydrogen-bond acceptors (Lipinski definition) is 1. The number of rotatable bonds is 2. The molecule has 0 heterocycles. The van der Waals surface area contributed by atoms with Crippen LogP contribution in [0, 0.1) is 11.3 Å². The molecule has 0 atom stereocenters. The van der Waals surface area contributed by atoms with Crippen molar-refractivity contribution in [3.63, 3.8) is 0 Å². The Morgan fingerprint density at radius 1 is 1.71 bits per heavy atom. The first-order valence-corrected chi connectivity index (χ1v) is 2.02. The topological polar surface area (TPSA) is 23.8 Å². The molecular weight excluding hydrogens is 93.1 g/mol. The Kier molecular flexibility index (Phi) is 4.54. The highest BCUT2D eigenvalue weighted by Crippen LogP contribution is 1.80. The van der Waals surface area contributed by atoms with Gasteiger partial charge in [-0.25, -0.2) is 0 Å². The molecule has 38 valence electrons. The predicted molar refractivity (Wildman–Crippen MR) is 25.3 cm³/mol. The number of allylic oxidation sites excluding steroid dienone is 2. The van der Waals surface area contributed by atoms with Crippen LogP contribution in [0.5, 0.6) is 0 Å². The zero-order chi connectivity index (χ0) is 5.54. The van der Waals surface area contributed by atoms with Crippen molar-refractivity contribution in [2.75, 3.05) is 6.67 Å². The van der Waals surface area contributed by atoms with Crippen LogP contribution in [0.3, 0.4) is 0 Å². The van der Waals surface area contributed by atoms with E-state index in [1.165, 1.54) is 12.2 Å². The molecule has 1 nitrogen and oxygen atoms in total. The summed E-state index contributed by atoms with van der Waals surface area (Å²) in [5.74, 6) is 0. The van der Waals surface area contributed by atoms with Gasteiger partial charge in [0.15, 0.2) is 0 Å². The lowest BCUT2D eigenvalue weighted by Crippen LogP contribution is -1.64. The number of alkyl halides is 1. The van der Waals surface area contributed by atoms with E-state index in [2.05, 4.69) is 0 Å². The van der Waals surface area contributed by atoms with Gasteiger partial charge in [0.2, 0.25) is 0 Å². The first-order valence-electron chi connectivity index (χ1n) is 2.02. The molecule has 0 aromatic carbocycles. The van der Waals surface area contributed by atoms with Crippen LogP contribution in [-0.2, 0) is 0 Å². The highest BCUT2D eigenvalue weighted by molar-refractivity contribution is 5.01. The molecule has 0 rings (SSSR count). The van der Waals surface area contributed by atoms with Crippen molar-refractivity contribution in [1.29, 1.82) is 5.26 Å². The summed E-state index contributed by atoms with van der Waals surface area (Å²) in [6.45, 7) is -0.377. The molecule has 0 saturated heterocycles. The predicted octanol–water partition coefficient (Wildman–Crippen LogP) is 1.43. The van der Waals surface area contributed by atoms with Gasteiger partial charge < -0.3 is 0 Å². The second-order valence-electron chi connectivity index (χ2n) is 1.01. The molecule has 0 saturated carbocycles. The van der Waals surface area contributed by atoms with Gasteiger partial charge in [0, 0.05) is 6.08 Å². The van der Waals surface area contributed by atoms with Gasteiger partial charge in [-0.3, -0.25) is 4.39 Å². The Hall–Kier alpha value is -0.840. The van der Waals surface area contributed by atoms with Crippen molar-refractivity contribution in [2.45, 2.75) is 6.42 Å².